The molecule has 0 unspecified atom stereocenters. The smallest absolute Gasteiger partial charge is 0.299 e. The number of hydrogen-bond donors (Lipinski definition) is 1. The molecule has 0 spiro atoms. The van der Waals surface area contributed by atoms with Crippen molar-refractivity contribution in [2.45, 2.75) is 0 Å². The first-order valence-corrected chi connectivity index (χ1v) is 5.71. The Labute approximate surface area is 118 Å². The molecule has 21 heavy (non-hydrogen) atoms. The highest BCUT2D eigenvalue weighted by Crippen LogP contribution is 2.31. The van der Waals surface area contributed by atoms with Crippen molar-refractivity contribution in [1.82, 2.24) is 0 Å². The van der Waals surface area contributed by atoms with Crippen LogP contribution in [0.2, 0.25) is 0 Å². The van der Waals surface area contributed by atoms with Crippen LogP contribution < -0.4 is 5.32 Å². The minimum Gasteiger partial charge on any atom is -0.350 e. The summed E-state index contributed by atoms with van der Waals surface area (Å²) in [5.74, 6) is 0. The summed E-state index contributed by atoms with van der Waals surface area (Å²) in [7, 11) is 0. The van der Waals surface area contributed by atoms with Gasteiger partial charge in [0.2, 0.25) is 0 Å². The number of non-ortho nitro benzene ring substituents is 1. The molecule has 0 bridgehead atoms. The molecule has 0 saturated heterocycles. The van der Waals surface area contributed by atoms with Crippen molar-refractivity contribution in [3.8, 4) is 6.07 Å². The fourth-order valence-corrected chi connectivity index (χ4v) is 1.67. The van der Waals surface area contributed by atoms with Crippen LogP contribution >= 0.6 is 0 Å². The molecule has 0 atom stereocenters. The van der Waals surface area contributed by atoms with Gasteiger partial charge in [0.05, 0.1) is 27.5 Å². The second kappa shape index (κ2) is 5.66. The molecule has 0 amide bonds. The van der Waals surface area contributed by atoms with Crippen LogP contribution in [0.5, 0.6) is 0 Å². The normalized spacial score (nSPS) is 9.67. The molecule has 8 nitrogen and oxygen atoms in total. The van der Waals surface area contributed by atoms with E-state index in [-0.39, 0.29) is 11.4 Å². The first-order valence-electron chi connectivity index (χ1n) is 5.71. The Morgan fingerprint density at radius 3 is 2.19 bits per heavy atom. The second-order valence-electron chi connectivity index (χ2n) is 4.03. The lowest BCUT2D eigenvalue weighted by Crippen LogP contribution is -1.98. The van der Waals surface area contributed by atoms with E-state index in [1.54, 1.807) is 24.3 Å². The molecule has 2 aromatic carbocycles. The summed E-state index contributed by atoms with van der Waals surface area (Å²) < 4.78 is 0. The number of benzene rings is 2. The molecule has 0 heterocycles. The van der Waals surface area contributed by atoms with Crippen molar-refractivity contribution in [3.63, 3.8) is 0 Å². The van der Waals surface area contributed by atoms with E-state index in [0.29, 0.717) is 11.3 Å². The van der Waals surface area contributed by atoms with Gasteiger partial charge < -0.3 is 5.32 Å². The highest BCUT2D eigenvalue weighted by Gasteiger charge is 2.19. The molecular weight excluding hydrogens is 276 g/mol. The van der Waals surface area contributed by atoms with Crippen LogP contribution in [-0.2, 0) is 0 Å². The summed E-state index contributed by atoms with van der Waals surface area (Å²) in [6.45, 7) is 0. The number of nitro benzene ring substituents is 2. The van der Waals surface area contributed by atoms with Gasteiger partial charge in [0, 0.05) is 11.8 Å². The summed E-state index contributed by atoms with van der Waals surface area (Å²) in [6, 6.07) is 11.6. The Kier molecular flexibility index (Phi) is 3.76. The van der Waals surface area contributed by atoms with Gasteiger partial charge in [-0.25, -0.2) is 0 Å². The molecule has 0 aliphatic heterocycles. The Bertz CT molecular complexity index is 750. The fourth-order valence-electron chi connectivity index (χ4n) is 1.67. The van der Waals surface area contributed by atoms with E-state index >= 15 is 0 Å². The van der Waals surface area contributed by atoms with Crippen molar-refractivity contribution >= 4 is 22.7 Å². The zero-order valence-corrected chi connectivity index (χ0v) is 10.5. The molecule has 2 rings (SSSR count). The lowest BCUT2D eigenvalue weighted by molar-refractivity contribution is -0.393. The van der Waals surface area contributed by atoms with E-state index in [1.165, 1.54) is 12.1 Å². The van der Waals surface area contributed by atoms with Gasteiger partial charge in [-0.2, -0.15) is 5.26 Å². The predicted molar refractivity (Wildman–Crippen MR) is 74.2 cm³/mol. The van der Waals surface area contributed by atoms with Gasteiger partial charge in [-0.3, -0.25) is 20.2 Å². The Balaban J connectivity index is 2.36. The van der Waals surface area contributed by atoms with Crippen LogP contribution in [-0.4, -0.2) is 9.85 Å². The van der Waals surface area contributed by atoms with Crippen molar-refractivity contribution in [2.24, 2.45) is 0 Å². The van der Waals surface area contributed by atoms with E-state index in [9.17, 15) is 20.2 Å². The van der Waals surface area contributed by atoms with E-state index in [4.69, 9.17) is 5.26 Å². The minimum absolute atomic E-state index is 0.135. The third-order valence-corrected chi connectivity index (χ3v) is 2.68. The number of nitrogens with one attached hydrogen (secondary N) is 1. The fraction of sp³-hybridized carbons (Fsp3) is 0. The number of hydrogen-bond acceptors (Lipinski definition) is 6. The largest absolute Gasteiger partial charge is 0.350 e. The van der Waals surface area contributed by atoms with E-state index < -0.39 is 15.5 Å². The maximum Gasteiger partial charge on any atom is 0.299 e. The van der Waals surface area contributed by atoms with E-state index in [0.717, 1.165) is 6.07 Å². The molecule has 0 aliphatic rings. The lowest BCUT2D eigenvalue weighted by Gasteiger charge is -2.07. The summed E-state index contributed by atoms with van der Waals surface area (Å²) in [6.07, 6.45) is 0. The Morgan fingerprint density at radius 2 is 1.67 bits per heavy atom. The van der Waals surface area contributed by atoms with Crippen LogP contribution in [0.3, 0.4) is 0 Å². The zero-order valence-electron chi connectivity index (χ0n) is 10.5. The van der Waals surface area contributed by atoms with E-state index in [1.807, 2.05) is 6.07 Å². The monoisotopic (exact) mass is 284 g/mol. The average molecular weight is 284 g/mol. The Hall–Kier alpha value is -3.47. The molecule has 2 aromatic rings. The van der Waals surface area contributed by atoms with Gasteiger partial charge in [0.25, 0.3) is 11.4 Å². The van der Waals surface area contributed by atoms with Crippen LogP contribution in [0.4, 0.5) is 22.7 Å². The van der Waals surface area contributed by atoms with Gasteiger partial charge in [-0.1, -0.05) is 0 Å². The first kappa shape index (κ1) is 14.0. The van der Waals surface area contributed by atoms with Gasteiger partial charge in [-0.05, 0) is 30.3 Å². The summed E-state index contributed by atoms with van der Waals surface area (Å²) in [5.41, 5.74) is 0.376. The minimum atomic E-state index is -0.696. The van der Waals surface area contributed by atoms with Crippen molar-refractivity contribution in [3.05, 3.63) is 68.3 Å². The molecular formula is C13H8N4O4. The zero-order chi connectivity index (χ0) is 15.4. The molecule has 0 radical (unpaired) electrons. The van der Waals surface area contributed by atoms with Crippen molar-refractivity contribution in [2.75, 3.05) is 5.32 Å². The molecule has 1 N–H and O–H groups in total. The maximum absolute atomic E-state index is 11.0. The SMILES string of the molecule is N#Cc1ccc(Nc2ccc([N+](=O)[O-])cc2[N+](=O)[O-])cc1. The van der Waals surface area contributed by atoms with Crippen LogP contribution in [0, 0.1) is 31.6 Å². The lowest BCUT2D eigenvalue weighted by atomic mass is 10.2. The summed E-state index contributed by atoms with van der Waals surface area (Å²) in [4.78, 5) is 20.2. The standard InChI is InChI=1S/C13H8N4O4/c14-8-9-1-3-10(4-2-9)15-12-6-5-11(16(18)19)7-13(12)17(20)21/h1-7,15H. The predicted octanol–water partition coefficient (Wildman–Crippen LogP) is 3.12. The Morgan fingerprint density at radius 1 is 1.00 bits per heavy atom. The van der Waals surface area contributed by atoms with Gasteiger partial charge in [-0.15, -0.1) is 0 Å². The van der Waals surface area contributed by atoms with Crippen LogP contribution in [0.1, 0.15) is 5.56 Å². The molecule has 0 saturated carbocycles. The topological polar surface area (TPSA) is 122 Å². The number of anilines is 2. The number of rotatable bonds is 4. The summed E-state index contributed by atoms with van der Waals surface area (Å²) >= 11 is 0. The molecule has 104 valence electrons. The molecule has 0 aromatic heterocycles. The molecule has 8 heteroatoms. The molecule has 0 fully saturated rings. The first-order chi connectivity index (χ1) is 10.0. The van der Waals surface area contributed by atoms with Gasteiger partial charge >= 0.3 is 0 Å². The maximum atomic E-state index is 11.0. The van der Waals surface area contributed by atoms with Crippen molar-refractivity contribution < 1.29 is 9.85 Å². The van der Waals surface area contributed by atoms with E-state index in [2.05, 4.69) is 5.32 Å². The third-order valence-electron chi connectivity index (χ3n) is 2.68. The number of nitro groups is 2. The molecule has 0 aliphatic carbocycles. The average Bonchev–Trinajstić information content (AvgIpc) is 2.48. The van der Waals surface area contributed by atoms with Gasteiger partial charge in [0.15, 0.2) is 0 Å². The number of nitrogens with zero attached hydrogens (tertiary/aromatic N) is 3. The quantitative estimate of drug-likeness (QED) is 0.679. The highest BCUT2D eigenvalue weighted by molar-refractivity contribution is 5.71. The van der Waals surface area contributed by atoms with Crippen LogP contribution in [0.15, 0.2) is 42.5 Å². The highest BCUT2D eigenvalue weighted by atomic mass is 16.6. The second-order valence-corrected chi connectivity index (χ2v) is 4.03. The van der Waals surface area contributed by atoms with Gasteiger partial charge in [0.1, 0.15) is 5.69 Å². The third kappa shape index (κ3) is 3.10. The van der Waals surface area contributed by atoms with Crippen LogP contribution in [0.25, 0.3) is 0 Å². The number of nitriles is 1. The summed E-state index contributed by atoms with van der Waals surface area (Å²) in [5, 5.41) is 33.1. The van der Waals surface area contributed by atoms with Crippen molar-refractivity contribution in [1.29, 1.82) is 5.26 Å².